The molecule has 2 aromatic carbocycles. The first-order valence-electron chi connectivity index (χ1n) is 10.2. The number of carbonyl (C=O) groups excluding carboxylic acids is 2. The first-order chi connectivity index (χ1) is 15.4. The minimum atomic E-state index is -1.20. The fraction of sp³-hybridized carbons (Fsp3) is 0.261. The molecule has 0 saturated carbocycles. The number of thioether (sulfide) groups is 1. The maximum absolute atomic E-state index is 12.9. The van der Waals surface area contributed by atoms with E-state index in [9.17, 15) is 24.6 Å². The summed E-state index contributed by atoms with van der Waals surface area (Å²) in [6, 6.07) is 13.9. The molecule has 32 heavy (non-hydrogen) atoms. The Morgan fingerprint density at radius 3 is 2.53 bits per heavy atom. The topological polar surface area (TPSA) is 133 Å². The van der Waals surface area contributed by atoms with Gasteiger partial charge in [0.15, 0.2) is 0 Å². The normalized spacial score (nSPS) is 20.9. The number of fused-ring (bicyclic) bond motifs is 1. The maximum Gasteiger partial charge on any atom is 0.353 e. The van der Waals surface area contributed by atoms with E-state index < -0.39 is 35.9 Å². The summed E-state index contributed by atoms with van der Waals surface area (Å²) >= 11 is 1.25. The van der Waals surface area contributed by atoms with Gasteiger partial charge in [-0.25, -0.2) is 4.79 Å². The van der Waals surface area contributed by atoms with Crippen LogP contribution < -0.4 is 11.1 Å². The molecule has 2 aromatic rings. The Labute approximate surface area is 189 Å². The quantitative estimate of drug-likeness (QED) is 0.470. The standard InChI is InChI=1S/C23H23N3O5S/c24-18(13-6-2-1-3-7-13)21(28)25-19-15-10-11-17(20(23(30)31)26(15)22(19)29)32-16-9-5-4-8-14(16)12-27/h1-9,15,18-19,27H,10-12,24H2,(H,25,28)(H,30,31)/t15-,18-,19+/m1/s1. The average Bonchev–Trinajstić information content (AvgIpc) is 2.82. The van der Waals surface area contributed by atoms with Crippen LogP contribution in [0.4, 0.5) is 0 Å². The molecule has 2 aliphatic heterocycles. The van der Waals surface area contributed by atoms with Gasteiger partial charge in [0.25, 0.3) is 5.91 Å². The van der Waals surface area contributed by atoms with Gasteiger partial charge < -0.3 is 21.3 Å². The van der Waals surface area contributed by atoms with Crippen LogP contribution in [0.1, 0.15) is 30.0 Å². The van der Waals surface area contributed by atoms with Crippen molar-refractivity contribution in [3.63, 3.8) is 0 Å². The van der Waals surface area contributed by atoms with Crippen LogP contribution in [-0.4, -0.2) is 45.0 Å². The van der Waals surface area contributed by atoms with Crippen LogP contribution in [0.15, 0.2) is 70.1 Å². The molecule has 5 N–H and O–H groups in total. The van der Waals surface area contributed by atoms with Gasteiger partial charge in [0.05, 0.1) is 12.6 Å². The second kappa shape index (κ2) is 9.15. The summed E-state index contributed by atoms with van der Waals surface area (Å²) in [6.45, 7) is -0.167. The maximum atomic E-state index is 12.9. The number of nitrogens with one attached hydrogen (secondary N) is 1. The number of aliphatic carboxylic acids is 1. The van der Waals surface area contributed by atoms with Gasteiger partial charge >= 0.3 is 5.97 Å². The van der Waals surface area contributed by atoms with Crippen molar-refractivity contribution in [2.24, 2.45) is 5.73 Å². The molecule has 2 amide bonds. The van der Waals surface area contributed by atoms with Gasteiger partial charge in [0.2, 0.25) is 5.91 Å². The van der Waals surface area contributed by atoms with Crippen LogP contribution in [-0.2, 0) is 21.0 Å². The summed E-state index contributed by atoms with van der Waals surface area (Å²) in [5, 5.41) is 22.1. The number of aliphatic hydroxyl groups is 1. The molecule has 8 nitrogen and oxygen atoms in total. The lowest BCUT2D eigenvalue weighted by Crippen LogP contribution is -2.72. The van der Waals surface area contributed by atoms with E-state index >= 15 is 0 Å². The van der Waals surface area contributed by atoms with Gasteiger partial charge in [-0.3, -0.25) is 14.5 Å². The number of carboxylic acids is 1. The number of hydrogen-bond acceptors (Lipinski definition) is 6. The Morgan fingerprint density at radius 2 is 1.84 bits per heavy atom. The van der Waals surface area contributed by atoms with E-state index in [4.69, 9.17) is 5.73 Å². The van der Waals surface area contributed by atoms with E-state index in [0.717, 1.165) is 4.90 Å². The lowest BCUT2D eigenvalue weighted by atomic mass is 9.86. The molecular formula is C23H23N3O5S. The number of allylic oxidation sites excluding steroid dienone is 1. The van der Waals surface area contributed by atoms with Crippen molar-refractivity contribution < 1.29 is 24.6 Å². The molecule has 0 aromatic heterocycles. The fourth-order valence-corrected chi connectivity index (χ4v) is 5.23. The zero-order chi connectivity index (χ0) is 22.8. The van der Waals surface area contributed by atoms with E-state index in [2.05, 4.69) is 5.32 Å². The molecular weight excluding hydrogens is 430 g/mol. The van der Waals surface area contributed by atoms with Crippen LogP contribution in [0.3, 0.4) is 0 Å². The Balaban J connectivity index is 1.52. The average molecular weight is 454 g/mol. The number of amides is 2. The predicted molar refractivity (Wildman–Crippen MR) is 118 cm³/mol. The molecule has 3 atom stereocenters. The monoisotopic (exact) mass is 453 g/mol. The highest BCUT2D eigenvalue weighted by Crippen LogP contribution is 2.43. The van der Waals surface area contributed by atoms with Crippen molar-refractivity contribution >= 4 is 29.5 Å². The molecule has 0 radical (unpaired) electrons. The highest BCUT2D eigenvalue weighted by atomic mass is 32.2. The molecule has 0 spiro atoms. The zero-order valence-electron chi connectivity index (χ0n) is 17.1. The third kappa shape index (κ3) is 4.02. The SMILES string of the molecule is N[C@@H](C(=O)N[C@@H]1C(=O)N2C(C(=O)O)=C(Sc3ccccc3CO)CC[C@H]12)c1ccccc1. The summed E-state index contributed by atoms with van der Waals surface area (Å²) in [5.74, 6) is -2.14. The minimum Gasteiger partial charge on any atom is -0.477 e. The summed E-state index contributed by atoms with van der Waals surface area (Å²) in [5.41, 5.74) is 7.27. The highest BCUT2D eigenvalue weighted by Gasteiger charge is 2.53. The number of β-lactam (4-membered cyclic amide) rings is 1. The molecule has 4 rings (SSSR count). The summed E-state index contributed by atoms with van der Waals surface area (Å²) in [7, 11) is 0. The lowest BCUT2D eigenvalue weighted by Gasteiger charge is -2.50. The number of benzene rings is 2. The Morgan fingerprint density at radius 1 is 1.16 bits per heavy atom. The number of aliphatic hydroxyl groups excluding tert-OH is 1. The van der Waals surface area contributed by atoms with Crippen molar-refractivity contribution in [2.45, 2.75) is 42.5 Å². The first kappa shape index (κ1) is 22.1. The first-order valence-corrected chi connectivity index (χ1v) is 11.0. The zero-order valence-corrected chi connectivity index (χ0v) is 17.9. The third-order valence-electron chi connectivity index (χ3n) is 5.71. The molecule has 166 valence electrons. The third-order valence-corrected chi connectivity index (χ3v) is 6.97. The van der Waals surface area contributed by atoms with Crippen LogP contribution >= 0.6 is 11.8 Å². The van der Waals surface area contributed by atoms with Crippen LogP contribution in [0.25, 0.3) is 0 Å². The van der Waals surface area contributed by atoms with Crippen LogP contribution in [0, 0.1) is 0 Å². The van der Waals surface area contributed by atoms with E-state index in [0.29, 0.717) is 28.9 Å². The molecule has 0 unspecified atom stereocenters. The van der Waals surface area contributed by atoms with E-state index in [1.165, 1.54) is 16.7 Å². The molecule has 1 saturated heterocycles. The summed E-state index contributed by atoms with van der Waals surface area (Å²) in [6.07, 6.45) is 0.954. The number of nitrogens with zero attached hydrogens (tertiary/aromatic N) is 1. The molecule has 2 aliphatic rings. The van der Waals surface area contributed by atoms with Gasteiger partial charge in [-0.05, 0) is 30.0 Å². The highest BCUT2D eigenvalue weighted by molar-refractivity contribution is 8.03. The van der Waals surface area contributed by atoms with Gasteiger partial charge in [0.1, 0.15) is 17.8 Å². The van der Waals surface area contributed by atoms with Crippen molar-refractivity contribution in [3.05, 3.63) is 76.3 Å². The van der Waals surface area contributed by atoms with Gasteiger partial charge in [-0.1, -0.05) is 60.3 Å². The summed E-state index contributed by atoms with van der Waals surface area (Å²) in [4.78, 5) is 40.0. The van der Waals surface area contributed by atoms with E-state index in [-0.39, 0.29) is 12.3 Å². The number of carbonyl (C=O) groups is 3. The second-order valence-corrected chi connectivity index (χ2v) is 8.77. The number of hydrogen-bond donors (Lipinski definition) is 4. The number of nitrogens with two attached hydrogens (primary N) is 1. The van der Waals surface area contributed by atoms with E-state index in [1.54, 1.807) is 42.5 Å². The van der Waals surface area contributed by atoms with Gasteiger partial charge in [-0.15, -0.1) is 0 Å². The van der Waals surface area contributed by atoms with Crippen molar-refractivity contribution in [1.82, 2.24) is 10.2 Å². The van der Waals surface area contributed by atoms with Crippen molar-refractivity contribution in [2.75, 3.05) is 0 Å². The van der Waals surface area contributed by atoms with Crippen molar-refractivity contribution in [3.8, 4) is 0 Å². The molecule has 2 heterocycles. The van der Waals surface area contributed by atoms with Gasteiger partial charge in [-0.2, -0.15) is 0 Å². The lowest BCUT2D eigenvalue weighted by molar-refractivity contribution is -0.156. The van der Waals surface area contributed by atoms with Crippen LogP contribution in [0.2, 0.25) is 0 Å². The molecule has 9 heteroatoms. The number of carboxylic acid groups (broad SMARTS) is 1. The molecule has 1 fully saturated rings. The largest absolute Gasteiger partial charge is 0.477 e. The molecule has 0 bridgehead atoms. The van der Waals surface area contributed by atoms with Gasteiger partial charge in [0, 0.05) is 9.80 Å². The Kier molecular flexibility index (Phi) is 6.31. The Bertz CT molecular complexity index is 1090. The smallest absolute Gasteiger partial charge is 0.353 e. The van der Waals surface area contributed by atoms with Crippen molar-refractivity contribution in [1.29, 1.82) is 0 Å². The predicted octanol–water partition coefficient (Wildman–Crippen LogP) is 1.76. The van der Waals surface area contributed by atoms with Crippen LogP contribution in [0.5, 0.6) is 0 Å². The Hall–Kier alpha value is -3.14. The van der Waals surface area contributed by atoms with E-state index in [1.807, 2.05) is 12.1 Å². The molecule has 0 aliphatic carbocycles. The summed E-state index contributed by atoms with van der Waals surface area (Å²) < 4.78 is 0. The number of rotatable bonds is 7. The fourth-order valence-electron chi connectivity index (χ4n) is 4.05. The minimum absolute atomic E-state index is 0.0677. The second-order valence-electron chi connectivity index (χ2n) is 7.63.